The molecule has 2 saturated heterocycles. The fraction of sp³-hybridized carbons (Fsp3) is 1.00. The molecule has 15 heavy (non-hydrogen) atoms. The molecule has 0 spiro atoms. The van der Waals surface area contributed by atoms with Crippen LogP contribution in [0.2, 0.25) is 0 Å². The highest BCUT2D eigenvalue weighted by Gasteiger charge is 2.27. The van der Waals surface area contributed by atoms with E-state index in [1.54, 1.807) is 0 Å². The Morgan fingerprint density at radius 3 is 2.60 bits per heavy atom. The summed E-state index contributed by atoms with van der Waals surface area (Å²) in [5, 5.41) is 3.42. The van der Waals surface area contributed by atoms with Gasteiger partial charge in [0, 0.05) is 25.7 Å². The third-order valence-corrected chi connectivity index (χ3v) is 5.03. The van der Waals surface area contributed by atoms with Crippen molar-refractivity contribution in [3.8, 4) is 0 Å². The first-order chi connectivity index (χ1) is 7.17. The van der Waals surface area contributed by atoms with Crippen LogP contribution in [-0.4, -0.2) is 57.0 Å². The molecule has 4 nitrogen and oxygen atoms in total. The van der Waals surface area contributed by atoms with Gasteiger partial charge in [-0.2, -0.15) is 0 Å². The van der Waals surface area contributed by atoms with Gasteiger partial charge < -0.3 is 5.32 Å². The van der Waals surface area contributed by atoms with Crippen LogP contribution in [0.5, 0.6) is 0 Å². The molecule has 0 aromatic carbocycles. The van der Waals surface area contributed by atoms with E-state index in [1.807, 2.05) is 0 Å². The summed E-state index contributed by atoms with van der Waals surface area (Å²) in [5.41, 5.74) is 0. The third kappa shape index (κ3) is 3.16. The molecular formula is C10H20N2O2S. The SMILES string of the molecule is O=S1(=O)CCN(C2CCCCNC2)CC1. The Kier molecular flexibility index (Phi) is 3.64. The minimum Gasteiger partial charge on any atom is -0.315 e. The van der Waals surface area contributed by atoms with Crippen molar-refractivity contribution in [2.75, 3.05) is 37.7 Å². The van der Waals surface area contributed by atoms with Crippen LogP contribution >= 0.6 is 0 Å². The van der Waals surface area contributed by atoms with Crippen LogP contribution in [-0.2, 0) is 9.84 Å². The van der Waals surface area contributed by atoms with Gasteiger partial charge in [-0.1, -0.05) is 6.42 Å². The maximum Gasteiger partial charge on any atom is 0.152 e. The molecule has 0 aromatic heterocycles. The molecule has 1 N–H and O–H groups in total. The van der Waals surface area contributed by atoms with E-state index in [0.717, 1.165) is 26.2 Å². The summed E-state index contributed by atoms with van der Waals surface area (Å²) in [4.78, 5) is 2.35. The number of sulfone groups is 1. The van der Waals surface area contributed by atoms with E-state index in [9.17, 15) is 8.42 Å². The minimum atomic E-state index is -2.73. The van der Waals surface area contributed by atoms with Gasteiger partial charge in [0.15, 0.2) is 9.84 Å². The van der Waals surface area contributed by atoms with Crippen molar-refractivity contribution in [1.29, 1.82) is 0 Å². The molecule has 0 radical (unpaired) electrons. The monoisotopic (exact) mass is 232 g/mol. The highest BCUT2D eigenvalue weighted by atomic mass is 32.2. The maximum atomic E-state index is 11.3. The molecule has 2 fully saturated rings. The van der Waals surface area contributed by atoms with E-state index in [-0.39, 0.29) is 0 Å². The lowest BCUT2D eigenvalue weighted by molar-refractivity contribution is 0.202. The second-order valence-corrected chi connectivity index (χ2v) is 6.85. The molecule has 0 amide bonds. The second kappa shape index (κ2) is 4.80. The highest BCUT2D eigenvalue weighted by Crippen LogP contribution is 2.14. The molecule has 2 aliphatic rings. The van der Waals surface area contributed by atoms with Gasteiger partial charge >= 0.3 is 0 Å². The predicted octanol–water partition coefficient (Wildman–Crippen LogP) is -0.141. The van der Waals surface area contributed by atoms with Gasteiger partial charge in [0.25, 0.3) is 0 Å². The van der Waals surface area contributed by atoms with Gasteiger partial charge in [-0.15, -0.1) is 0 Å². The quantitative estimate of drug-likeness (QED) is 0.683. The topological polar surface area (TPSA) is 49.4 Å². The fourth-order valence-electron chi connectivity index (χ4n) is 2.40. The Balaban J connectivity index is 1.88. The van der Waals surface area contributed by atoms with Crippen LogP contribution < -0.4 is 5.32 Å². The molecule has 1 atom stereocenters. The molecule has 0 aliphatic carbocycles. The first kappa shape index (κ1) is 11.4. The highest BCUT2D eigenvalue weighted by molar-refractivity contribution is 7.91. The van der Waals surface area contributed by atoms with Gasteiger partial charge in [0.2, 0.25) is 0 Å². The molecule has 88 valence electrons. The lowest BCUT2D eigenvalue weighted by Crippen LogP contribution is -2.49. The molecule has 0 bridgehead atoms. The summed E-state index contributed by atoms with van der Waals surface area (Å²) >= 11 is 0. The van der Waals surface area contributed by atoms with Gasteiger partial charge in [0.05, 0.1) is 11.5 Å². The molecule has 0 saturated carbocycles. The summed E-state index contributed by atoms with van der Waals surface area (Å²) < 4.78 is 22.6. The van der Waals surface area contributed by atoms with E-state index < -0.39 is 9.84 Å². The van der Waals surface area contributed by atoms with Crippen molar-refractivity contribution >= 4 is 9.84 Å². The Morgan fingerprint density at radius 2 is 1.87 bits per heavy atom. The van der Waals surface area contributed by atoms with E-state index in [4.69, 9.17) is 0 Å². The van der Waals surface area contributed by atoms with Crippen molar-refractivity contribution in [3.63, 3.8) is 0 Å². The fourth-order valence-corrected chi connectivity index (χ4v) is 3.63. The minimum absolute atomic E-state index is 0.351. The van der Waals surface area contributed by atoms with Crippen LogP contribution in [0.25, 0.3) is 0 Å². The second-order valence-electron chi connectivity index (χ2n) is 4.54. The Morgan fingerprint density at radius 1 is 1.13 bits per heavy atom. The van der Waals surface area contributed by atoms with Gasteiger partial charge in [-0.25, -0.2) is 8.42 Å². The normalized spacial score (nSPS) is 33.5. The van der Waals surface area contributed by atoms with Crippen molar-refractivity contribution in [2.24, 2.45) is 0 Å². The van der Waals surface area contributed by atoms with Crippen LogP contribution in [0.1, 0.15) is 19.3 Å². The predicted molar refractivity (Wildman–Crippen MR) is 60.7 cm³/mol. The smallest absolute Gasteiger partial charge is 0.152 e. The lowest BCUT2D eigenvalue weighted by atomic mass is 10.1. The first-order valence-electron chi connectivity index (χ1n) is 5.82. The van der Waals surface area contributed by atoms with Gasteiger partial charge in [-0.3, -0.25) is 4.90 Å². The average Bonchev–Trinajstić information content (AvgIpc) is 2.46. The van der Waals surface area contributed by atoms with Crippen molar-refractivity contribution in [2.45, 2.75) is 25.3 Å². The van der Waals surface area contributed by atoms with Crippen LogP contribution in [0.3, 0.4) is 0 Å². The Hall–Kier alpha value is -0.130. The molecule has 0 aromatic rings. The molecule has 1 unspecified atom stereocenters. The molecule has 2 heterocycles. The summed E-state index contributed by atoms with van der Waals surface area (Å²) in [6.07, 6.45) is 3.73. The zero-order valence-electron chi connectivity index (χ0n) is 9.11. The number of nitrogens with one attached hydrogen (secondary N) is 1. The van der Waals surface area contributed by atoms with E-state index in [2.05, 4.69) is 10.2 Å². The largest absolute Gasteiger partial charge is 0.315 e. The zero-order chi connectivity index (χ0) is 10.7. The van der Waals surface area contributed by atoms with Gasteiger partial charge in [0.1, 0.15) is 0 Å². The van der Waals surface area contributed by atoms with Crippen LogP contribution in [0, 0.1) is 0 Å². The van der Waals surface area contributed by atoms with E-state index >= 15 is 0 Å². The summed E-state index contributed by atoms with van der Waals surface area (Å²) in [5.74, 6) is 0.701. The number of rotatable bonds is 1. The molecule has 2 aliphatic heterocycles. The summed E-state index contributed by atoms with van der Waals surface area (Å²) in [6, 6.07) is 0.558. The molecular weight excluding hydrogens is 212 g/mol. The van der Waals surface area contributed by atoms with Crippen molar-refractivity contribution < 1.29 is 8.42 Å². The first-order valence-corrected chi connectivity index (χ1v) is 7.65. The van der Waals surface area contributed by atoms with Crippen molar-refractivity contribution in [1.82, 2.24) is 10.2 Å². The zero-order valence-corrected chi connectivity index (χ0v) is 9.93. The average molecular weight is 232 g/mol. The van der Waals surface area contributed by atoms with Crippen LogP contribution in [0.4, 0.5) is 0 Å². The third-order valence-electron chi connectivity index (χ3n) is 3.42. The molecule has 5 heteroatoms. The van der Waals surface area contributed by atoms with E-state index in [0.29, 0.717) is 17.5 Å². The summed E-state index contributed by atoms with van der Waals surface area (Å²) in [7, 11) is -2.73. The van der Waals surface area contributed by atoms with Crippen LogP contribution in [0.15, 0.2) is 0 Å². The number of hydrogen-bond acceptors (Lipinski definition) is 4. The Bertz CT molecular complexity index is 281. The lowest BCUT2D eigenvalue weighted by Gasteiger charge is -2.33. The summed E-state index contributed by atoms with van der Waals surface area (Å²) in [6.45, 7) is 3.60. The van der Waals surface area contributed by atoms with Crippen molar-refractivity contribution in [3.05, 3.63) is 0 Å². The number of hydrogen-bond donors (Lipinski definition) is 1. The van der Waals surface area contributed by atoms with Gasteiger partial charge in [-0.05, 0) is 19.4 Å². The number of nitrogens with zero attached hydrogens (tertiary/aromatic N) is 1. The molecule has 2 rings (SSSR count). The van der Waals surface area contributed by atoms with E-state index in [1.165, 1.54) is 19.3 Å². The standard InChI is InChI=1S/C10H20N2O2S/c13-15(14)7-5-12(6-8-15)10-3-1-2-4-11-9-10/h10-11H,1-9H2. The Labute approximate surface area is 91.9 Å². The maximum absolute atomic E-state index is 11.3.